The van der Waals surface area contributed by atoms with Crippen molar-refractivity contribution in [3.63, 3.8) is 0 Å². The third-order valence-corrected chi connectivity index (χ3v) is 5.69. The normalized spacial score (nSPS) is 15.4. The molecule has 1 aliphatic rings. The lowest BCUT2D eigenvalue weighted by atomic mass is 9.89. The second kappa shape index (κ2) is 7.34. The van der Waals surface area contributed by atoms with E-state index in [2.05, 4.69) is 24.0 Å². The van der Waals surface area contributed by atoms with Gasteiger partial charge >= 0.3 is 0 Å². The molecule has 0 unspecified atom stereocenters. The van der Waals surface area contributed by atoms with E-state index >= 15 is 0 Å². The van der Waals surface area contributed by atoms with Crippen LogP contribution in [0.3, 0.4) is 0 Å². The Hall–Kier alpha value is -2.76. The predicted molar refractivity (Wildman–Crippen MR) is 102 cm³/mol. The number of aromatic nitrogens is 1. The lowest BCUT2D eigenvalue weighted by molar-refractivity contribution is 0.0684. The van der Waals surface area contributed by atoms with E-state index in [4.69, 9.17) is 0 Å². The molecule has 0 radical (unpaired) electrons. The lowest BCUT2D eigenvalue weighted by Crippen LogP contribution is -2.39. The molecule has 1 N–H and O–H groups in total. The molecular formula is C22H21F3N2O. The van der Waals surface area contributed by atoms with Crippen LogP contribution < -0.4 is 0 Å². The number of aromatic amines is 1. The van der Waals surface area contributed by atoms with Gasteiger partial charge in [-0.15, -0.1) is 0 Å². The molecular weight excluding hydrogens is 365 g/mol. The van der Waals surface area contributed by atoms with Crippen LogP contribution in [0.25, 0.3) is 10.9 Å². The van der Waals surface area contributed by atoms with Crippen LogP contribution in [-0.2, 0) is 6.42 Å². The van der Waals surface area contributed by atoms with Crippen molar-refractivity contribution in [2.24, 2.45) is 5.92 Å². The van der Waals surface area contributed by atoms with E-state index < -0.39 is 28.9 Å². The first-order chi connectivity index (χ1) is 13.5. The molecule has 3 nitrogen and oxygen atoms in total. The topological polar surface area (TPSA) is 36.1 Å². The van der Waals surface area contributed by atoms with Crippen LogP contribution in [-0.4, -0.2) is 28.9 Å². The third-order valence-electron chi connectivity index (χ3n) is 5.69. The molecule has 2 heterocycles. The fourth-order valence-corrected chi connectivity index (χ4v) is 4.09. The number of hydrogen-bond acceptors (Lipinski definition) is 1. The number of benzene rings is 2. The third kappa shape index (κ3) is 3.28. The van der Waals surface area contributed by atoms with E-state index in [1.165, 1.54) is 15.8 Å². The second-order valence-corrected chi connectivity index (χ2v) is 7.44. The Balaban J connectivity index is 1.44. The highest BCUT2D eigenvalue weighted by Gasteiger charge is 2.28. The number of halogens is 3. The zero-order valence-electron chi connectivity index (χ0n) is 15.6. The first-order valence-electron chi connectivity index (χ1n) is 9.44. The summed E-state index contributed by atoms with van der Waals surface area (Å²) in [5.74, 6) is -4.48. The summed E-state index contributed by atoms with van der Waals surface area (Å²) in [4.78, 5) is 17.5. The van der Waals surface area contributed by atoms with Gasteiger partial charge in [-0.25, -0.2) is 13.2 Å². The molecule has 1 amide bonds. The minimum absolute atomic E-state index is 0.412. The van der Waals surface area contributed by atoms with Crippen LogP contribution >= 0.6 is 0 Å². The van der Waals surface area contributed by atoms with Crippen molar-refractivity contribution in [3.8, 4) is 0 Å². The van der Waals surface area contributed by atoms with E-state index in [0.717, 1.165) is 42.6 Å². The van der Waals surface area contributed by atoms with Gasteiger partial charge in [-0.05, 0) is 55.9 Å². The number of H-pyrrole nitrogens is 1. The summed E-state index contributed by atoms with van der Waals surface area (Å²) >= 11 is 0. The van der Waals surface area contributed by atoms with Crippen LogP contribution in [0, 0.1) is 30.3 Å². The van der Waals surface area contributed by atoms with Crippen molar-refractivity contribution in [1.29, 1.82) is 0 Å². The van der Waals surface area contributed by atoms with E-state index in [-0.39, 0.29) is 0 Å². The standard InChI is InChI=1S/C22H21F3N2O/c1-13-17(15-4-2-3-5-19(15)26-13)12-14-8-10-27(11-9-14)22(28)16-6-7-18(23)21(25)20(16)24/h2-7,14,26H,8-12H2,1H3. The molecule has 0 atom stereocenters. The van der Waals surface area contributed by atoms with Gasteiger partial charge in [0.15, 0.2) is 17.5 Å². The summed E-state index contributed by atoms with van der Waals surface area (Å²) in [5, 5.41) is 1.22. The minimum Gasteiger partial charge on any atom is -0.358 e. The molecule has 3 aromatic rings. The summed E-state index contributed by atoms with van der Waals surface area (Å²) < 4.78 is 40.5. The fourth-order valence-electron chi connectivity index (χ4n) is 4.09. The van der Waals surface area contributed by atoms with Crippen molar-refractivity contribution in [3.05, 3.63) is 70.7 Å². The first-order valence-corrected chi connectivity index (χ1v) is 9.44. The van der Waals surface area contributed by atoms with Crippen LogP contribution in [0.1, 0.15) is 34.5 Å². The molecule has 0 saturated carbocycles. The number of hydrogen-bond donors (Lipinski definition) is 1. The van der Waals surface area contributed by atoms with Crippen LogP contribution in [0.5, 0.6) is 0 Å². The van der Waals surface area contributed by atoms with Gasteiger partial charge in [0.25, 0.3) is 5.91 Å². The molecule has 0 aliphatic carbocycles. The molecule has 6 heteroatoms. The van der Waals surface area contributed by atoms with E-state index in [1.807, 2.05) is 12.1 Å². The van der Waals surface area contributed by atoms with E-state index in [1.54, 1.807) is 0 Å². The number of rotatable bonds is 3. The maximum Gasteiger partial charge on any atom is 0.256 e. The van der Waals surface area contributed by atoms with Gasteiger partial charge in [-0.3, -0.25) is 4.79 Å². The molecule has 1 fully saturated rings. The number of fused-ring (bicyclic) bond motifs is 1. The Morgan fingerprint density at radius 3 is 2.54 bits per heavy atom. The summed E-state index contributed by atoms with van der Waals surface area (Å²) in [5.41, 5.74) is 3.16. The van der Waals surface area contributed by atoms with Crippen LogP contribution in [0.4, 0.5) is 13.2 Å². The number of piperidine rings is 1. The molecule has 0 spiro atoms. The number of aryl methyl sites for hydroxylation is 1. The molecule has 0 bridgehead atoms. The molecule has 1 aliphatic heterocycles. The second-order valence-electron chi connectivity index (χ2n) is 7.44. The monoisotopic (exact) mass is 386 g/mol. The van der Waals surface area contributed by atoms with E-state index in [9.17, 15) is 18.0 Å². The van der Waals surface area contributed by atoms with Crippen molar-refractivity contribution in [2.45, 2.75) is 26.2 Å². The van der Waals surface area contributed by atoms with Gasteiger partial charge in [0.05, 0.1) is 5.56 Å². The number of nitrogens with zero attached hydrogens (tertiary/aromatic N) is 1. The molecule has 28 heavy (non-hydrogen) atoms. The van der Waals surface area contributed by atoms with Gasteiger partial charge in [0.2, 0.25) is 0 Å². The number of nitrogens with one attached hydrogen (secondary N) is 1. The van der Waals surface area contributed by atoms with Crippen molar-refractivity contribution in [1.82, 2.24) is 9.88 Å². The largest absolute Gasteiger partial charge is 0.358 e. The van der Waals surface area contributed by atoms with Crippen molar-refractivity contribution < 1.29 is 18.0 Å². The molecule has 146 valence electrons. The smallest absolute Gasteiger partial charge is 0.256 e. The molecule has 4 rings (SSSR count). The number of carbonyl (C=O) groups excluding carboxylic acids is 1. The maximum atomic E-state index is 13.9. The highest BCUT2D eigenvalue weighted by Crippen LogP contribution is 2.29. The highest BCUT2D eigenvalue weighted by molar-refractivity contribution is 5.94. The molecule has 2 aromatic carbocycles. The Morgan fingerprint density at radius 1 is 1.07 bits per heavy atom. The van der Waals surface area contributed by atoms with Gasteiger partial charge in [0.1, 0.15) is 0 Å². The summed E-state index contributed by atoms with van der Waals surface area (Å²) in [6.07, 6.45) is 2.49. The fraction of sp³-hybridized carbons (Fsp3) is 0.318. The zero-order chi connectivity index (χ0) is 19.8. The van der Waals surface area contributed by atoms with Crippen molar-refractivity contribution in [2.75, 3.05) is 13.1 Å². The average Bonchev–Trinajstić information content (AvgIpc) is 3.02. The number of amides is 1. The van der Waals surface area contributed by atoms with Gasteiger partial charge in [-0.1, -0.05) is 18.2 Å². The van der Waals surface area contributed by atoms with Crippen molar-refractivity contribution >= 4 is 16.8 Å². The van der Waals surface area contributed by atoms with Gasteiger partial charge in [0, 0.05) is 29.7 Å². The predicted octanol–water partition coefficient (Wildman–Crippen LogP) is 4.99. The van der Waals surface area contributed by atoms with E-state index in [0.29, 0.717) is 19.0 Å². The Morgan fingerprint density at radius 2 is 1.79 bits per heavy atom. The SMILES string of the molecule is Cc1[nH]c2ccccc2c1CC1CCN(C(=O)c2ccc(F)c(F)c2F)CC1. The zero-order valence-corrected chi connectivity index (χ0v) is 15.6. The summed E-state index contributed by atoms with van der Waals surface area (Å²) in [7, 11) is 0. The van der Waals surface area contributed by atoms with Gasteiger partial charge in [-0.2, -0.15) is 0 Å². The Bertz CT molecular complexity index is 1040. The Labute approximate surface area is 161 Å². The average molecular weight is 386 g/mol. The number of para-hydroxylation sites is 1. The molecule has 1 aromatic heterocycles. The maximum absolute atomic E-state index is 13.9. The number of carbonyl (C=O) groups is 1. The summed E-state index contributed by atoms with van der Waals surface area (Å²) in [6.45, 7) is 3.02. The quantitative estimate of drug-likeness (QED) is 0.633. The van der Waals surface area contributed by atoms with Crippen LogP contribution in [0.15, 0.2) is 36.4 Å². The van der Waals surface area contributed by atoms with Crippen LogP contribution in [0.2, 0.25) is 0 Å². The minimum atomic E-state index is -1.60. The van der Waals surface area contributed by atoms with Gasteiger partial charge < -0.3 is 9.88 Å². The Kier molecular flexibility index (Phi) is 4.87. The number of likely N-dealkylation sites (tertiary alicyclic amines) is 1. The lowest BCUT2D eigenvalue weighted by Gasteiger charge is -2.32. The highest BCUT2D eigenvalue weighted by atomic mass is 19.2. The molecule has 1 saturated heterocycles. The first kappa shape index (κ1) is 18.6. The summed E-state index contributed by atoms with van der Waals surface area (Å²) in [6, 6.07) is 10.00.